The number of ether oxygens (including phenoxy) is 2. The number of nitrogens with zero attached hydrogens (tertiary/aromatic N) is 2. The van der Waals surface area contributed by atoms with Crippen LogP contribution in [0.15, 0.2) is 83.0 Å². The maximum absolute atomic E-state index is 13.1. The number of carbonyl (C=O) groups is 3. The minimum atomic E-state index is -0.521. The Bertz CT molecular complexity index is 1140. The molecule has 0 amide bonds. The van der Waals surface area contributed by atoms with E-state index < -0.39 is 11.9 Å². The highest BCUT2D eigenvalue weighted by molar-refractivity contribution is 6.13. The molecule has 0 spiro atoms. The van der Waals surface area contributed by atoms with Gasteiger partial charge in [-0.25, -0.2) is 9.59 Å². The highest BCUT2D eigenvalue weighted by atomic mass is 16.5. The van der Waals surface area contributed by atoms with Gasteiger partial charge in [-0.15, -0.1) is 5.11 Å². The molecule has 32 heavy (non-hydrogen) atoms. The number of esters is 2. The van der Waals surface area contributed by atoms with Crippen LogP contribution in [-0.4, -0.2) is 30.9 Å². The van der Waals surface area contributed by atoms with Gasteiger partial charge in [0.15, 0.2) is 5.78 Å². The molecule has 0 saturated carbocycles. The Morgan fingerprint density at radius 3 is 1.91 bits per heavy atom. The first-order valence-corrected chi connectivity index (χ1v) is 10.1. The zero-order chi connectivity index (χ0) is 22.9. The first-order chi connectivity index (χ1) is 15.5. The summed E-state index contributed by atoms with van der Waals surface area (Å²) < 4.78 is 10.0. The number of hydrogen-bond donors (Lipinski definition) is 0. The monoisotopic (exact) mass is 430 g/mol. The van der Waals surface area contributed by atoms with Gasteiger partial charge in [-0.3, -0.25) is 4.79 Å². The van der Waals surface area contributed by atoms with Crippen molar-refractivity contribution in [1.82, 2.24) is 0 Å². The number of hydrogen-bond acceptors (Lipinski definition) is 7. The van der Waals surface area contributed by atoms with Crippen molar-refractivity contribution in [3.8, 4) is 0 Å². The lowest BCUT2D eigenvalue weighted by Gasteiger charge is -2.08. The van der Waals surface area contributed by atoms with Crippen LogP contribution in [0.3, 0.4) is 0 Å². The molecule has 162 valence electrons. The average Bonchev–Trinajstić information content (AvgIpc) is 2.83. The minimum absolute atomic E-state index is 0.226. The molecule has 7 heteroatoms. The molecule has 0 heterocycles. The van der Waals surface area contributed by atoms with E-state index >= 15 is 0 Å². The van der Waals surface area contributed by atoms with Gasteiger partial charge in [0, 0.05) is 5.56 Å². The highest BCUT2D eigenvalue weighted by Gasteiger charge is 2.17. The molecule has 0 fully saturated rings. The standard InChI is InChI=1S/C25H22N2O5/c1-3-31-24(29)18-10-13-20(14-11-18)26-27-22-15-12-19(25(30)32-4-2)16-21(22)23(28)17-8-6-5-7-9-17/h5-16H,3-4H2,1-2H3. The van der Waals surface area contributed by atoms with Gasteiger partial charge < -0.3 is 9.47 Å². The Kier molecular flexibility index (Phi) is 7.59. The van der Waals surface area contributed by atoms with Gasteiger partial charge in [0.05, 0.1) is 41.3 Å². The summed E-state index contributed by atoms with van der Waals surface area (Å²) in [6, 6.07) is 19.7. The van der Waals surface area contributed by atoms with E-state index in [2.05, 4.69) is 10.2 Å². The van der Waals surface area contributed by atoms with E-state index in [0.717, 1.165) is 0 Å². The summed E-state index contributed by atoms with van der Waals surface area (Å²) in [7, 11) is 0. The molecule has 0 unspecified atom stereocenters. The van der Waals surface area contributed by atoms with Crippen LogP contribution in [0.2, 0.25) is 0 Å². The lowest BCUT2D eigenvalue weighted by molar-refractivity contribution is 0.0516. The van der Waals surface area contributed by atoms with Crippen molar-refractivity contribution in [3.05, 3.63) is 95.1 Å². The number of azo groups is 1. The molecule has 0 bridgehead atoms. The molecule has 0 radical (unpaired) electrons. The topological polar surface area (TPSA) is 94.4 Å². The summed E-state index contributed by atoms with van der Waals surface area (Å²) in [6.07, 6.45) is 0. The Morgan fingerprint density at radius 1 is 0.688 bits per heavy atom. The Hall–Kier alpha value is -4.13. The molecule has 0 aliphatic rings. The van der Waals surface area contributed by atoms with E-state index in [1.165, 1.54) is 12.1 Å². The van der Waals surface area contributed by atoms with Crippen molar-refractivity contribution in [3.63, 3.8) is 0 Å². The number of carbonyl (C=O) groups excluding carboxylic acids is 3. The maximum atomic E-state index is 13.1. The summed E-state index contributed by atoms with van der Waals surface area (Å²) in [4.78, 5) is 37.0. The van der Waals surface area contributed by atoms with Crippen LogP contribution in [0.25, 0.3) is 0 Å². The summed E-state index contributed by atoms with van der Waals surface area (Å²) >= 11 is 0. The number of rotatable bonds is 8. The molecule has 0 atom stereocenters. The van der Waals surface area contributed by atoms with Crippen LogP contribution in [0.5, 0.6) is 0 Å². The Morgan fingerprint density at radius 2 is 1.28 bits per heavy atom. The van der Waals surface area contributed by atoms with Crippen LogP contribution in [0.1, 0.15) is 50.5 Å². The van der Waals surface area contributed by atoms with Gasteiger partial charge in [0.2, 0.25) is 0 Å². The van der Waals surface area contributed by atoms with Crippen molar-refractivity contribution in [1.29, 1.82) is 0 Å². The normalized spacial score (nSPS) is 10.7. The van der Waals surface area contributed by atoms with E-state index in [1.54, 1.807) is 68.4 Å². The molecule has 7 nitrogen and oxygen atoms in total. The van der Waals surface area contributed by atoms with E-state index in [0.29, 0.717) is 29.1 Å². The quantitative estimate of drug-likeness (QED) is 0.260. The SMILES string of the molecule is CCOC(=O)c1ccc(N=Nc2ccc(C(=O)OCC)cc2C(=O)c2ccccc2)cc1. The van der Waals surface area contributed by atoms with Crippen LogP contribution < -0.4 is 0 Å². The summed E-state index contributed by atoms with van der Waals surface area (Å²) in [6.45, 7) is 3.97. The molecular formula is C25H22N2O5. The zero-order valence-electron chi connectivity index (χ0n) is 17.8. The van der Waals surface area contributed by atoms with Crippen molar-refractivity contribution >= 4 is 29.1 Å². The van der Waals surface area contributed by atoms with Gasteiger partial charge in [-0.2, -0.15) is 5.11 Å². The van der Waals surface area contributed by atoms with Crippen LogP contribution in [-0.2, 0) is 9.47 Å². The van der Waals surface area contributed by atoms with E-state index in [4.69, 9.17) is 9.47 Å². The highest BCUT2D eigenvalue weighted by Crippen LogP contribution is 2.27. The second kappa shape index (κ2) is 10.8. The molecule has 0 N–H and O–H groups in total. The fraction of sp³-hybridized carbons (Fsp3) is 0.160. The number of benzene rings is 3. The first kappa shape index (κ1) is 22.6. The van der Waals surface area contributed by atoms with Crippen molar-refractivity contribution < 1.29 is 23.9 Å². The first-order valence-electron chi connectivity index (χ1n) is 10.1. The molecule has 0 aliphatic carbocycles. The molecule has 3 aromatic rings. The third kappa shape index (κ3) is 5.51. The Labute approximate surface area is 185 Å². The van der Waals surface area contributed by atoms with Gasteiger partial charge >= 0.3 is 11.9 Å². The van der Waals surface area contributed by atoms with Gasteiger partial charge in [-0.1, -0.05) is 30.3 Å². The van der Waals surface area contributed by atoms with E-state index in [-0.39, 0.29) is 23.5 Å². The van der Waals surface area contributed by atoms with Crippen LogP contribution in [0, 0.1) is 0 Å². The second-order valence-electron chi connectivity index (χ2n) is 6.61. The van der Waals surface area contributed by atoms with Crippen molar-refractivity contribution in [2.24, 2.45) is 10.2 Å². The summed E-state index contributed by atoms with van der Waals surface area (Å²) in [5.74, 6) is -1.22. The number of ketones is 1. The Balaban J connectivity index is 1.93. The molecule has 3 rings (SSSR count). The zero-order valence-corrected chi connectivity index (χ0v) is 17.8. The van der Waals surface area contributed by atoms with Crippen LogP contribution in [0.4, 0.5) is 11.4 Å². The predicted octanol–water partition coefficient (Wildman–Crippen LogP) is 5.69. The van der Waals surface area contributed by atoms with Crippen molar-refractivity contribution in [2.45, 2.75) is 13.8 Å². The third-order valence-electron chi connectivity index (χ3n) is 4.44. The predicted molar refractivity (Wildman–Crippen MR) is 119 cm³/mol. The molecule has 0 saturated heterocycles. The molecule has 3 aromatic carbocycles. The smallest absolute Gasteiger partial charge is 0.338 e. The van der Waals surface area contributed by atoms with E-state index in [9.17, 15) is 14.4 Å². The van der Waals surface area contributed by atoms with Crippen LogP contribution >= 0.6 is 0 Å². The maximum Gasteiger partial charge on any atom is 0.338 e. The van der Waals surface area contributed by atoms with Gasteiger partial charge in [-0.05, 0) is 56.3 Å². The summed E-state index contributed by atoms with van der Waals surface area (Å²) in [5, 5.41) is 8.39. The van der Waals surface area contributed by atoms with Gasteiger partial charge in [0.1, 0.15) is 0 Å². The molecular weight excluding hydrogens is 408 g/mol. The lowest BCUT2D eigenvalue weighted by atomic mass is 9.99. The van der Waals surface area contributed by atoms with Gasteiger partial charge in [0.25, 0.3) is 0 Å². The largest absolute Gasteiger partial charge is 0.462 e. The van der Waals surface area contributed by atoms with Crippen molar-refractivity contribution in [2.75, 3.05) is 13.2 Å². The third-order valence-corrected chi connectivity index (χ3v) is 4.44. The fourth-order valence-electron chi connectivity index (χ4n) is 2.88. The second-order valence-corrected chi connectivity index (χ2v) is 6.61. The lowest BCUT2D eigenvalue weighted by Crippen LogP contribution is -2.08. The minimum Gasteiger partial charge on any atom is -0.462 e. The molecule has 0 aromatic heterocycles. The molecule has 0 aliphatic heterocycles. The van der Waals surface area contributed by atoms with E-state index in [1.807, 2.05) is 6.07 Å². The fourth-order valence-corrected chi connectivity index (χ4v) is 2.88. The average molecular weight is 430 g/mol. The summed E-state index contributed by atoms with van der Waals surface area (Å²) in [5.41, 5.74) is 2.15.